The number of amides is 3. The minimum Gasteiger partial charge on any atom is -0.319 e. The van der Waals surface area contributed by atoms with Gasteiger partial charge in [-0.25, -0.2) is 9.78 Å². The fourth-order valence-electron chi connectivity index (χ4n) is 3.24. The summed E-state index contributed by atoms with van der Waals surface area (Å²) in [4.78, 5) is 33.0. The Balaban J connectivity index is 1.38. The van der Waals surface area contributed by atoms with E-state index in [4.69, 9.17) is 0 Å². The predicted octanol–water partition coefficient (Wildman–Crippen LogP) is 5.34. The second-order valence-corrected chi connectivity index (χ2v) is 10.3. The number of thiophene rings is 1. The van der Waals surface area contributed by atoms with Crippen molar-refractivity contribution in [1.82, 2.24) is 9.88 Å². The standard InChI is InChI=1S/C22H24N4O2S2/c1-22(2,3)14-6-8-15(9-7-14)23-21(28)26-11-10-16-18(13-26)30-20(24-16)25-19(27)17-5-4-12-29-17/h4-9,12H,10-11,13H2,1-3H3,(H,23,28)(H,24,25,27). The van der Waals surface area contributed by atoms with E-state index in [1.165, 1.54) is 28.2 Å². The Hall–Kier alpha value is -2.71. The van der Waals surface area contributed by atoms with Crippen molar-refractivity contribution >= 4 is 45.4 Å². The summed E-state index contributed by atoms with van der Waals surface area (Å²) in [5, 5.41) is 8.30. The fraction of sp³-hybridized carbons (Fsp3) is 0.318. The van der Waals surface area contributed by atoms with Crippen LogP contribution in [0, 0.1) is 0 Å². The van der Waals surface area contributed by atoms with Gasteiger partial charge in [-0.1, -0.05) is 50.3 Å². The number of aromatic nitrogens is 1. The van der Waals surface area contributed by atoms with E-state index in [2.05, 4.69) is 48.5 Å². The summed E-state index contributed by atoms with van der Waals surface area (Å²) >= 11 is 2.83. The molecule has 6 nitrogen and oxygen atoms in total. The highest BCUT2D eigenvalue weighted by Crippen LogP contribution is 2.29. The number of thiazole rings is 1. The molecule has 0 spiro atoms. The molecule has 0 radical (unpaired) electrons. The van der Waals surface area contributed by atoms with Gasteiger partial charge in [0.15, 0.2) is 5.13 Å². The van der Waals surface area contributed by atoms with Gasteiger partial charge in [-0.05, 0) is 34.6 Å². The Kier molecular flexibility index (Phi) is 5.62. The summed E-state index contributed by atoms with van der Waals surface area (Å²) in [6, 6.07) is 11.5. The number of urea groups is 1. The van der Waals surface area contributed by atoms with E-state index < -0.39 is 0 Å². The van der Waals surface area contributed by atoms with Crippen molar-refractivity contribution in [3.63, 3.8) is 0 Å². The molecular weight excluding hydrogens is 416 g/mol. The lowest BCUT2D eigenvalue weighted by Gasteiger charge is -2.26. The van der Waals surface area contributed by atoms with Gasteiger partial charge in [0, 0.05) is 23.5 Å². The molecule has 2 N–H and O–H groups in total. The number of hydrogen-bond donors (Lipinski definition) is 2. The summed E-state index contributed by atoms with van der Waals surface area (Å²) in [6.45, 7) is 7.59. The third-order valence-corrected chi connectivity index (χ3v) is 6.85. The van der Waals surface area contributed by atoms with Gasteiger partial charge >= 0.3 is 6.03 Å². The molecule has 3 amide bonds. The van der Waals surface area contributed by atoms with Crippen molar-refractivity contribution in [3.05, 3.63) is 62.8 Å². The Morgan fingerprint density at radius 1 is 1.10 bits per heavy atom. The molecule has 4 rings (SSSR count). The zero-order valence-electron chi connectivity index (χ0n) is 17.2. The summed E-state index contributed by atoms with van der Waals surface area (Å²) in [5.41, 5.74) is 3.05. The van der Waals surface area contributed by atoms with Crippen LogP contribution in [0.1, 0.15) is 46.6 Å². The summed E-state index contributed by atoms with van der Waals surface area (Å²) in [5.74, 6) is -0.149. The number of anilines is 2. The van der Waals surface area contributed by atoms with Crippen LogP contribution in [0.3, 0.4) is 0 Å². The van der Waals surface area contributed by atoms with Crippen LogP contribution in [-0.4, -0.2) is 28.4 Å². The number of hydrogen-bond acceptors (Lipinski definition) is 5. The second kappa shape index (κ2) is 8.20. The van der Waals surface area contributed by atoms with E-state index in [-0.39, 0.29) is 17.4 Å². The first kappa shape index (κ1) is 20.6. The minimum atomic E-state index is -0.149. The SMILES string of the molecule is CC(C)(C)c1ccc(NC(=O)N2CCc3nc(NC(=O)c4cccs4)sc3C2)cc1. The predicted molar refractivity (Wildman–Crippen MR) is 123 cm³/mol. The molecule has 3 heterocycles. The maximum Gasteiger partial charge on any atom is 0.322 e. The molecule has 30 heavy (non-hydrogen) atoms. The van der Waals surface area contributed by atoms with Crippen LogP contribution in [0.5, 0.6) is 0 Å². The molecule has 0 bridgehead atoms. The van der Waals surface area contributed by atoms with Crippen LogP contribution >= 0.6 is 22.7 Å². The molecule has 1 aliphatic rings. The van der Waals surface area contributed by atoms with E-state index >= 15 is 0 Å². The van der Waals surface area contributed by atoms with Crippen molar-refractivity contribution in [3.8, 4) is 0 Å². The number of rotatable bonds is 3. The number of benzene rings is 1. The molecule has 2 aromatic heterocycles. The molecule has 0 fully saturated rings. The van der Waals surface area contributed by atoms with Crippen LogP contribution < -0.4 is 10.6 Å². The van der Waals surface area contributed by atoms with Crippen LogP contribution in [0.2, 0.25) is 0 Å². The Morgan fingerprint density at radius 2 is 1.87 bits per heavy atom. The lowest BCUT2D eigenvalue weighted by molar-refractivity contribution is 0.103. The molecular formula is C22H24N4O2S2. The third kappa shape index (κ3) is 4.55. The quantitative estimate of drug-likeness (QED) is 0.577. The normalized spacial score (nSPS) is 13.6. The number of nitrogens with zero attached hydrogens (tertiary/aromatic N) is 2. The lowest BCUT2D eigenvalue weighted by atomic mass is 9.87. The topological polar surface area (TPSA) is 74.3 Å². The third-order valence-electron chi connectivity index (χ3n) is 4.99. The summed E-state index contributed by atoms with van der Waals surface area (Å²) in [7, 11) is 0. The van der Waals surface area contributed by atoms with Gasteiger partial charge in [-0.2, -0.15) is 0 Å². The molecule has 0 atom stereocenters. The van der Waals surface area contributed by atoms with Crippen LogP contribution in [-0.2, 0) is 18.4 Å². The highest BCUT2D eigenvalue weighted by atomic mass is 32.1. The Bertz CT molecular complexity index is 1050. The Morgan fingerprint density at radius 3 is 2.53 bits per heavy atom. The lowest BCUT2D eigenvalue weighted by Crippen LogP contribution is -2.38. The maximum absolute atomic E-state index is 12.7. The number of fused-ring (bicyclic) bond motifs is 1. The van der Waals surface area contributed by atoms with Crippen molar-refractivity contribution in [2.24, 2.45) is 0 Å². The van der Waals surface area contributed by atoms with Gasteiger partial charge in [0.1, 0.15) is 0 Å². The zero-order valence-corrected chi connectivity index (χ0v) is 18.8. The highest BCUT2D eigenvalue weighted by molar-refractivity contribution is 7.16. The zero-order chi connectivity index (χ0) is 21.3. The average molecular weight is 441 g/mol. The summed E-state index contributed by atoms with van der Waals surface area (Å²) < 4.78 is 0. The molecule has 156 valence electrons. The molecule has 0 saturated carbocycles. The molecule has 1 aromatic carbocycles. The van der Waals surface area contributed by atoms with Gasteiger partial charge in [-0.3, -0.25) is 10.1 Å². The molecule has 8 heteroatoms. The Labute approximate surface area is 184 Å². The van der Waals surface area contributed by atoms with Crippen LogP contribution in [0.4, 0.5) is 15.6 Å². The number of nitrogens with one attached hydrogen (secondary N) is 2. The first-order chi connectivity index (χ1) is 14.3. The van der Waals surface area contributed by atoms with Gasteiger partial charge in [0.05, 0.1) is 17.1 Å². The van der Waals surface area contributed by atoms with Crippen LogP contribution in [0.15, 0.2) is 41.8 Å². The maximum atomic E-state index is 12.7. The highest BCUT2D eigenvalue weighted by Gasteiger charge is 2.25. The van der Waals surface area contributed by atoms with E-state index in [0.29, 0.717) is 29.5 Å². The average Bonchev–Trinajstić information content (AvgIpc) is 3.36. The van der Waals surface area contributed by atoms with Crippen molar-refractivity contribution in [2.45, 2.75) is 39.2 Å². The number of carbonyl (C=O) groups excluding carboxylic acids is 2. The second-order valence-electron chi connectivity index (χ2n) is 8.25. The van der Waals surface area contributed by atoms with Gasteiger partial charge in [0.2, 0.25) is 0 Å². The van der Waals surface area contributed by atoms with Gasteiger partial charge in [-0.15, -0.1) is 11.3 Å². The summed E-state index contributed by atoms with van der Waals surface area (Å²) in [6.07, 6.45) is 0.678. The molecule has 0 unspecified atom stereocenters. The van der Waals surface area contributed by atoms with Crippen LogP contribution in [0.25, 0.3) is 0 Å². The van der Waals surface area contributed by atoms with E-state index in [1.54, 1.807) is 11.0 Å². The molecule has 0 aliphatic carbocycles. The molecule has 3 aromatic rings. The van der Waals surface area contributed by atoms with Crippen molar-refractivity contribution in [1.29, 1.82) is 0 Å². The van der Waals surface area contributed by atoms with Gasteiger partial charge in [0.25, 0.3) is 5.91 Å². The smallest absolute Gasteiger partial charge is 0.319 e. The fourth-order valence-corrected chi connectivity index (χ4v) is 4.88. The van der Waals surface area contributed by atoms with E-state index in [0.717, 1.165) is 16.3 Å². The van der Waals surface area contributed by atoms with E-state index in [1.807, 2.05) is 23.6 Å². The molecule has 0 saturated heterocycles. The molecule has 1 aliphatic heterocycles. The first-order valence-electron chi connectivity index (χ1n) is 9.79. The van der Waals surface area contributed by atoms with Crippen molar-refractivity contribution < 1.29 is 9.59 Å². The van der Waals surface area contributed by atoms with E-state index in [9.17, 15) is 9.59 Å². The first-order valence-corrected chi connectivity index (χ1v) is 11.5. The monoisotopic (exact) mass is 440 g/mol. The largest absolute Gasteiger partial charge is 0.322 e. The van der Waals surface area contributed by atoms with Crippen molar-refractivity contribution in [2.75, 3.05) is 17.2 Å². The minimum absolute atomic E-state index is 0.0780. The van der Waals surface area contributed by atoms with Gasteiger partial charge < -0.3 is 10.2 Å². The number of carbonyl (C=O) groups is 2.